The molecule has 2 aliphatic carbocycles. The van der Waals surface area contributed by atoms with Crippen LogP contribution < -0.4 is 10.6 Å². The number of allylic oxidation sites excluding steroid dienone is 2. The van der Waals surface area contributed by atoms with Gasteiger partial charge in [0.05, 0.1) is 30.3 Å². The van der Waals surface area contributed by atoms with Crippen molar-refractivity contribution in [2.75, 3.05) is 20.1 Å². The summed E-state index contributed by atoms with van der Waals surface area (Å²) in [5, 5.41) is 6.39. The van der Waals surface area contributed by atoms with Crippen molar-refractivity contribution in [3.05, 3.63) is 54.5 Å². The van der Waals surface area contributed by atoms with Crippen molar-refractivity contribution in [1.82, 2.24) is 25.5 Å². The average molecular weight is 546 g/mol. The predicted molar refractivity (Wildman–Crippen MR) is 132 cm³/mol. The Morgan fingerprint density at radius 2 is 1.81 bits per heavy atom. The zero-order valence-electron chi connectivity index (χ0n) is 17.8. The fraction of sp³-hybridized carbons (Fsp3) is 0.391. The van der Waals surface area contributed by atoms with Crippen LogP contribution in [-0.4, -0.2) is 52.8 Å². The highest BCUT2D eigenvalue weighted by atomic mass is 127. The number of hydrogen-bond acceptors (Lipinski definition) is 4. The number of nitrogens with zero attached hydrogens (tertiary/aromatic N) is 3. The number of fused-ring (bicyclic) bond motifs is 5. The van der Waals surface area contributed by atoms with Gasteiger partial charge in [-0.3, -0.25) is 19.5 Å². The highest BCUT2D eigenvalue weighted by Gasteiger charge is 2.58. The molecular formula is C23H27IN6O2. The monoisotopic (exact) mass is 546 g/mol. The van der Waals surface area contributed by atoms with Crippen LogP contribution in [0.1, 0.15) is 12.2 Å². The fourth-order valence-corrected chi connectivity index (χ4v) is 5.08. The first-order chi connectivity index (χ1) is 15.2. The number of benzene rings is 1. The van der Waals surface area contributed by atoms with Gasteiger partial charge >= 0.3 is 0 Å². The van der Waals surface area contributed by atoms with Gasteiger partial charge in [0.2, 0.25) is 11.8 Å². The van der Waals surface area contributed by atoms with E-state index < -0.39 is 0 Å². The maximum atomic E-state index is 12.7. The van der Waals surface area contributed by atoms with Crippen molar-refractivity contribution < 1.29 is 9.59 Å². The number of rotatable bonds is 6. The molecule has 2 fully saturated rings. The van der Waals surface area contributed by atoms with Crippen molar-refractivity contribution in [3.63, 3.8) is 0 Å². The molecule has 1 aromatic heterocycles. The molecule has 8 nitrogen and oxygen atoms in total. The molecule has 2 amide bonds. The molecule has 32 heavy (non-hydrogen) atoms. The maximum absolute atomic E-state index is 12.7. The van der Waals surface area contributed by atoms with Gasteiger partial charge in [-0.05, 0) is 23.8 Å². The third-order valence-electron chi connectivity index (χ3n) is 6.55. The first-order valence-corrected chi connectivity index (χ1v) is 10.7. The highest BCUT2D eigenvalue weighted by Crippen LogP contribution is 2.52. The fourth-order valence-electron chi connectivity index (χ4n) is 5.08. The third-order valence-corrected chi connectivity index (χ3v) is 6.55. The van der Waals surface area contributed by atoms with E-state index in [1.165, 1.54) is 4.90 Å². The van der Waals surface area contributed by atoms with Gasteiger partial charge < -0.3 is 15.6 Å². The maximum Gasteiger partial charge on any atom is 0.233 e. The van der Waals surface area contributed by atoms with E-state index in [-0.39, 0.29) is 59.5 Å². The summed E-state index contributed by atoms with van der Waals surface area (Å²) in [6.07, 6.45) is 6.99. The molecule has 3 N–H and O–H groups in total. The average Bonchev–Trinajstić information content (AvgIpc) is 3.57. The zero-order valence-corrected chi connectivity index (χ0v) is 20.2. The lowest BCUT2D eigenvalue weighted by atomic mass is 9.85. The van der Waals surface area contributed by atoms with Crippen molar-refractivity contribution in [1.29, 1.82) is 0 Å². The topological polar surface area (TPSA) is 102 Å². The minimum absolute atomic E-state index is 0. The van der Waals surface area contributed by atoms with Gasteiger partial charge in [0.15, 0.2) is 5.96 Å². The Hall–Kier alpha value is -2.69. The summed E-state index contributed by atoms with van der Waals surface area (Å²) in [4.78, 5) is 38.9. The second kappa shape index (κ2) is 9.43. The van der Waals surface area contributed by atoms with E-state index in [2.05, 4.69) is 37.7 Å². The molecule has 1 saturated heterocycles. The van der Waals surface area contributed by atoms with Gasteiger partial charge in [-0.25, -0.2) is 4.98 Å². The number of halogens is 1. The van der Waals surface area contributed by atoms with Crippen LogP contribution in [0.4, 0.5) is 0 Å². The molecule has 1 aromatic carbocycles. The summed E-state index contributed by atoms with van der Waals surface area (Å²) in [5.74, 6) is 1.57. The summed E-state index contributed by atoms with van der Waals surface area (Å²) in [6.45, 7) is 1.28. The molecule has 1 saturated carbocycles. The number of aromatic nitrogens is 2. The Kier molecular flexibility index (Phi) is 6.63. The molecular weight excluding hydrogens is 519 g/mol. The number of likely N-dealkylation sites (tertiary alicyclic amines) is 1. The molecule has 1 aliphatic heterocycles. The van der Waals surface area contributed by atoms with Gasteiger partial charge in [0, 0.05) is 20.1 Å². The normalized spacial score (nSPS) is 25.8. The molecule has 0 radical (unpaired) electrons. The first kappa shape index (κ1) is 22.5. The summed E-state index contributed by atoms with van der Waals surface area (Å²) < 4.78 is 0. The number of aliphatic imine (C=N–C) groups is 1. The van der Waals surface area contributed by atoms with Gasteiger partial charge in [-0.1, -0.05) is 42.5 Å². The smallest absolute Gasteiger partial charge is 0.233 e. The Labute approximate surface area is 204 Å². The second-order valence-electron chi connectivity index (χ2n) is 8.29. The Morgan fingerprint density at radius 3 is 2.47 bits per heavy atom. The number of imidazole rings is 1. The van der Waals surface area contributed by atoms with E-state index in [9.17, 15) is 9.59 Å². The number of guanidine groups is 1. The molecule has 9 heteroatoms. The number of aromatic amines is 1. The van der Waals surface area contributed by atoms with Crippen LogP contribution in [0.2, 0.25) is 0 Å². The van der Waals surface area contributed by atoms with Crippen molar-refractivity contribution >= 4 is 41.8 Å². The Morgan fingerprint density at radius 1 is 1.12 bits per heavy atom. The number of amides is 2. The third kappa shape index (κ3) is 4.05. The van der Waals surface area contributed by atoms with E-state index in [0.29, 0.717) is 25.6 Å². The van der Waals surface area contributed by atoms with Crippen LogP contribution in [0.15, 0.2) is 53.7 Å². The minimum Gasteiger partial charge on any atom is -0.355 e. The molecule has 4 unspecified atom stereocenters. The quantitative estimate of drug-likeness (QED) is 0.170. The first-order valence-electron chi connectivity index (χ1n) is 10.7. The summed E-state index contributed by atoms with van der Waals surface area (Å²) >= 11 is 0. The molecule has 2 heterocycles. The van der Waals surface area contributed by atoms with Crippen molar-refractivity contribution in [2.24, 2.45) is 28.7 Å². The van der Waals surface area contributed by atoms with E-state index >= 15 is 0 Å². The number of hydrogen-bond donors (Lipinski definition) is 3. The van der Waals surface area contributed by atoms with Crippen LogP contribution >= 0.6 is 24.0 Å². The molecule has 3 aliphatic rings. The Balaban J connectivity index is 0.00000245. The van der Waals surface area contributed by atoms with Crippen molar-refractivity contribution in [2.45, 2.75) is 13.0 Å². The van der Waals surface area contributed by atoms with Gasteiger partial charge in [0.25, 0.3) is 0 Å². The predicted octanol–water partition coefficient (Wildman–Crippen LogP) is 2.17. The summed E-state index contributed by atoms with van der Waals surface area (Å²) in [6, 6.07) is 10.0. The van der Waals surface area contributed by atoms with Gasteiger partial charge in [0.1, 0.15) is 5.82 Å². The van der Waals surface area contributed by atoms with E-state index in [1.807, 2.05) is 36.5 Å². The molecule has 168 valence electrons. The summed E-state index contributed by atoms with van der Waals surface area (Å²) in [7, 11) is 1.69. The number of carbonyl (C=O) groups excluding carboxylic acids is 2. The van der Waals surface area contributed by atoms with Crippen LogP contribution in [-0.2, 0) is 16.1 Å². The van der Waals surface area contributed by atoms with E-state index in [4.69, 9.17) is 0 Å². The highest BCUT2D eigenvalue weighted by molar-refractivity contribution is 14.0. The SMILES string of the molecule is CN=C(NCCN1C(=O)C2C3C=CC(C3)C2C1=O)NCc1ncc(-c2ccccc2)[nH]1.I. The number of imide groups is 1. The van der Waals surface area contributed by atoms with Gasteiger partial charge in [-0.15, -0.1) is 24.0 Å². The van der Waals surface area contributed by atoms with Gasteiger partial charge in [-0.2, -0.15) is 0 Å². The molecule has 2 bridgehead atoms. The molecule has 0 spiro atoms. The minimum atomic E-state index is -0.141. The zero-order chi connectivity index (χ0) is 21.4. The number of carbonyl (C=O) groups is 2. The number of nitrogens with one attached hydrogen (secondary N) is 3. The summed E-state index contributed by atoms with van der Waals surface area (Å²) in [5.41, 5.74) is 2.04. The van der Waals surface area contributed by atoms with E-state index in [0.717, 1.165) is 23.5 Å². The number of H-pyrrole nitrogens is 1. The van der Waals surface area contributed by atoms with Crippen LogP contribution in [0, 0.1) is 23.7 Å². The lowest BCUT2D eigenvalue weighted by Crippen LogP contribution is -2.43. The van der Waals surface area contributed by atoms with Crippen LogP contribution in [0.3, 0.4) is 0 Å². The van der Waals surface area contributed by atoms with Crippen molar-refractivity contribution in [3.8, 4) is 11.3 Å². The standard InChI is InChI=1S/C23H26N6O2.HI/c1-24-23(27-13-18-26-12-17(28-18)14-5-3-2-4-6-14)25-9-10-29-21(30)19-15-7-8-16(11-15)20(19)22(29)31;/h2-8,12,15-16,19-20H,9-11,13H2,1H3,(H,26,28)(H2,24,25,27);1H. The molecule has 5 rings (SSSR count). The lowest BCUT2D eigenvalue weighted by molar-refractivity contribution is -0.140. The lowest BCUT2D eigenvalue weighted by Gasteiger charge is -2.18. The van der Waals surface area contributed by atoms with Crippen LogP contribution in [0.5, 0.6) is 0 Å². The molecule has 4 atom stereocenters. The molecule has 2 aromatic rings. The van der Waals surface area contributed by atoms with Crippen LogP contribution in [0.25, 0.3) is 11.3 Å². The Bertz CT molecular complexity index is 1020. The largest absolute Gasteiger partial charge is 0.355 e. The van der Waals surface area contributed by atoms with E-state index in [1.54, 1.807) is 7.05 Å². The second-order valence-corrected chi connectivity index (χ2v) is 8.29.